The van der Waals surface area contributed by atoms with E-state index in [1.54, 1.807) is 17.9 Å². The molecule has 1 aliphatic rings. The van der Waals surface area contributed by atoms with Gasteiger partial charge in [-0.2, -0.15) is 5.26 Å². The van der Waals surface area contributed by atoms with Crippen molar-refractivity contribution in [1.29, 1.82) is 5.26 Å². The lowest BCUT2D eigenvalue weighted by atomic mass is 10.1. The molecular formula is C26H26N8O2S. The van der Waals surface area contributed by atoms with Crippen LogP contribution in [-0.4, -0.2) is 42.3 Å². The molecule has 5 rings (SSSR count). The number of ether oxygens (including phenoxy) is 1. The average molecular weight is 515 g/mol. The fourth-order valence-electron chi connectivity index (χ4n) is 4.13. The van der Waals surface area contributed by atoms with E-state index in [0.717, 1.165) is 29.0 Å². The predicted octanol–water partition coefficient (Wildman–Crippen LogP) is 4.34. The van der Waals surface area contributed by atoms with Crippen LogP contribution < -0.4 is 15.6 Å². The molecule has 0 unspecified atom stereocenters. The molecule has 3 aromatic heterocycles. The molecule has 0 saturated heterocycles. The van der Waals surface area contributed by atoms with Crippen LogP contribution in [0.15, 0.2) is 46.5 Å². The summed E-state index contributed by atoms with van der Waals surface area (Å²) in [5.74, 6) is 1.81. The van der Waals surface area contributed by atoms with Gasteiger partial charge in [-0.1, -0.05) is 12.1 Å². The average Bonchev–Trinajstić information content (AvgIpc) is 3.76. The van der Waals surface area contributed by atoms with Gasteiger partial charge in [0.05, 0.1) is 30.8 Å². The second-order valence-corrected chi connectivity index (χ2v) is 10.0. The summed E-state index contributed by atoms with van der Waals surface area (Å²) in [6, 6.07) is 9.83. The highest BCUT2D eigenvalue weighted by Crippen LogP contribution is 2.44. The van der Waals surface area contributed by atoms with Crippen molar-refractivity contribution in [2.75, 3.05) is 18.2 Å². The number of benzene rings is 1. The van der Waals surface area contributed by atoms with Crippen LogP contribution in [0.3, 0.4) is 0 Å². The summed E-state index contributed by atoms with van der Waals surface area (Å²) in [4.78, 5) is 37.2. The minimum Gasteiger partial charge on any atom is -0.480 e. The van der Waals surface area contributed by atoms with E-state index in [1.807, 2.05) is 38.1 Å². The van der Waals surface area contributed by atoms with Gasteiger partial charge in [0.25, 0.3) is 5.56 Å². The molecule has 188 valence electrons. The van der Waals surface area contributed by atoms with Crippen molar-refractivity contribution in [3.05, 3.63) is 58.4 Å². The quantitative estimate of drug-likeness (QED) is 0.322. The molecule has 11 heteroatoms. The molecule has 0 radical (unpaired) electrons. The number of thioether (sulfide) groups is 1. The van der Waals surface area contributed by atoms with Gasteiger partial charge in [0, 0.05) is 23.4 Å². The maximum absolute atomic E-state index is 13.5. The topological polar surface area (TPSA) is 132 Å². The number of anilines is 1. The number of methoxy groups -OCH3 is 1. The molecule has 0 aliphatic heterocycles. The first-order valence-corrected chi connectivity index (χ1v) is 13.0. The molecule has 0 spiro atoms. The second-order valence-electron chi connectivity index (χ2n) is 8.99. The lowest BCUT2D eigenvalue weighted by molar-refractivity contribution is 0.397. The summed E-state index contributed by atoms with van der Waals surface area (Å²) >= 11 is 1.48. The van der Waals surface area contributed by atoms with Crippen LogP contribution in [0, 0.1) is 11.3 Å². The molecule has 1 N–H and O–H groups in total. The second kappa shape index (κ2) is 10.5. The van der Waals surface area contributed by atoms with Crippen molar-refractivity contribution in [2.24, 2.45) is 0 Å². The zero-order valence-electron chi connectivity index (χ0n) is 20.8. The Kier molecular flexibility index (Phi) is 7.01. The van der Waals surface area contributed by atoms with E-state index < -0.39 is 0 Å². The third kappa shape index (κ3) is 5.11. The third-order valence-corrected chi connectivity index (χ3v) is 6.94. The monoisotopic (exact) mass is 514 g/mol. The number of fused-ring (bicyclic) bond motifs is 1. The summed E-state index contributed by atoms with van der Waals surface area (Å²) in [5.41, 5.74) is 3.22. The number of hydrogen-bond acceptors (Lipinski definition) is 10. The van der Waals surface area contributed by atoms with Gasteiger partial charge in [0.15, 0.2) is 17.3 Å². The number of nitrogens with zero attached hydrogens (tertiary/aromatic N) is 7. The predicted molar refractivity (Wildman–Crippen MR) is 142 cm³/mol. The van der Waals surface area contributed by atoms with Gasteiger partial charge in [0.2, 0.25) is 5.88 Å². The van der Waals surface area contributed by atoms with Crippen molar-refractivity contribution in [3.63, 3.8) is 0 Å². The van der Waals surface area contributed by atoms with Crippen LogP contribution in [0.2, 0.25) is 0 Å². The molecule has 1 aliphatic carbocycles. The number of nitrogens with one attached hydrogen (secondary N) is 1. The number of aromatic nitrogens is 6. The number of rotatable bonds is 9. The number of nitriles is 1. The largest absolute Gasteiger partial charge is 0.480 e. The van der Waals surface area contributed by atoms with Crippen LogP contribution in [0.5, 0.6) is 5.88 Å². The smallest absolute Gasteiger partial charge is 0.295 e. The van der Waals surface area contributed by atoms with Gasteiger partial charge in [0.1, 0.15) is 17.4 Å². The van der Waals surface area contributed by atoms with E-state index in [4.69, 9.17) is 15.0 Å². The Morgan fingerprint density at radius 3 is 2.65 bits per heavy atom. The molecule has 4 aromatic rings. The van der Waals surface area contributed by atoms with Gasteiger partial charge in [-0.3, -0.25) is 9.36 Å². The summed E-state index contributed by atoms with van der Waals surface area (Å²) in [5, 5.41) is 11.9. The highest BCUT2D eigenvalue weighted by molar-refractivity contribution is 7.99. The van der Waals surface area contributed by atoms with E-state index in [-0.39, 0.29) is 17.4 Å². The van der Waals surface area contributed by atoms with Gasteiger partial charge in [-0.25, -0.2) is 24.9 Å². The standard InChI is InChI=1S/C26H26N8O2S/c1-15(2)34-24-19(13-29-22(33-24)20-21(17-6-7-17)30-14-31-25(20)36-3)32-23(26(34)35)28-12-16-4-8-18(9-5-16)37-11-10-27/h4-5,8-9,13-15,17H,6-7,11-12H2,1-3H3,(H,28,32). The first kappa shape index (κ1) is 24.6. The SMILES string of the molecule is COc1ncnc(C2CC2)c1-c1ncc2nc(NCc3ccc(SCC#N)cc3)c(=O)n(C(C)C)c2n1. The lowest BCUT2D eigenvalue weighted by Gasteiger charge is -2.16. The fourth-order valence-corrected chi connectivity index (χ4v) is 4.69. The van der Waals surface area contributed by atoms with Crippen LogP contribution in [0.4, 0.5) is 5.82 Å². The van der Waals surface area contributed by atoms with Gasteiger partial charge in [-0.15, -0.1) is 11.8 Å². The Morgan fingerprint density at radius 2 is 1.97 bits per heavy atom. The molecule has 1 aromatic carbocycles. The first-order valence-electron chi connectivity index (χ1n) is 12.0. The van der Waals surface area contributed by atoms with E-state index >= 15 is 0 Å². The molecule has 0 bridgehead atoms. The zero-order valence-corrected chi connectivity index (χ0v) is 21.6. The van der Waals surface area contributed by atoms with E-state index in [0.29, 0.717) is 46.6 Å². The van der Waals surface area contributed by atoms with Crippen LogP contribution in [0.25, 0.3) is 22.6 Å². The summed E-state index contributed by atoms with van der Waals surface area (Å²) in [6.45, 7) is 4.30. The molecule has 37 heavy (non-hydrogen) atoms. The minimum atomic E-state index is -0.257. The highest BCUT2D eigenvalue weighted by Gasteiger charge is 2.31. The highest BCUT2D eigenvalue weighted by atomic mass is 32.2. The number of hydrogen-bond donors (Lipinski definition) is 1. The van der Waals surface area contributed by atoms with Crippen molar-refractivity contribution in [1.82, 2.24) is 29.5 Å². The molecule has 10 nitrogen and oxygen atoms in total. The van der Waals surface area contributed by atoms with E-state index in [1.165, 1.54) is 18.1 Å². The van der Waals surface area contributed by atoms with E-state index in [9.17, 15) is 4.79 Å². The van der Waals surface area contributed by atoms with Gasteiger partial charge in [-0.05, 0) is 44.4 Å². The summed E-state index contributed by atoms with van der Waals surface area (Å²) in [7, 11) is 1.56. The fraction of sp³-hybridized carbons (Fsp3) is 0.346. The Hall–Kier alpha value is -4.04. The molecule has 1 fully saturated rings. The zero-order chi connectivity index (χ0) is 25.9. The third-order valence-electron chi connectivity index (χ3n) is 6.06. The first-order chi connectivity index (χ1) is 18.0. The Labute approximate surface area is 218 Å². The summed E-state index contributed by atoms with van der Waals surface area (Å²) < 4.78 is 7.14. The normalized spacial score (nSPS) is 13.1. The van der Waals surface area contributed by atoms with Crippen molar-refractivity contribution < 1.29 is 4.74 Å². The maximum Gasteiger partial charge on any atom is 0.295 e. The lowest BCUT2D eigenvalue weighted by Crippen LogP contribution is -2.27. The molecule has 1 saturated carbocycles. The van der Waals surface area contributed by atoms with Crippen molar-refractivity contribution in [3.8, 4) is 23.3 Å². The van der Waals surface area contributed by atoms with Gasteiger partial charge < -0.3 is 10.1 Å². The Balaban J connectivity index is 1.50. The Morgan fingerprint density at radius 1 is 1.19 bits per heavy atom. The van der Waals surface area contributed by atoms with Crippen LogP contribution in [0.1, 0.15) is 49.9 Å². The molecule has 3 heterocycles. The Bertz CT molecular complexity index is 1540. The van der Waals surface area contributed by atoms with Crippen LogP contribution in [-0.2, 0) is 6.54 Å². The van der Waals surface area contributed by atoms with Gasteiger partial charge >= 0.3 is 0 Å². The molecule has 0 atom stereocenters. The maximum atomic E-state index is 13.5. The van der Waals surface area contributed by atoms with Crippen molar-refractivity contribution in [2.45, 2.75) is 50.1 Å². The molecular weight excluding hydrogens is 488 g/mol. The minimum absolute atomic E-state index is 0.158. The summed E-state index contributed by atoms with van der Waals surface area (Å²) in [6.07, 6.45) is 5.23. The van der Waals surface area contributed by atoms with Crippen LogP contribution >= 0.6 is 11.8 Å². The van der Waals surface area contributed by atoms with Crippen molar-refractivity contribution >= 4 is 28.7 Å². The van der Waals surface area contributed by atoms with E-state index in [2.05, 4.69) is 31.3 Å². The molecule has 0 amide bonds.